The fourth-order valence-electron chi connectivity index (χ4n) is 2.11. The number of rotatable bonds is 2. The molecule has 0 unspecified atom stereocenters. The Hall–Kier alpha value is -0.820. The molecule has 6 nitrogen and oxygen atoms in total. The van der Waals surface area contributed by atoms with Gasteiger partial charge in [0.25, 0.3) is 0 Å². The Morgan fingerprint density at radius 3 is 1.95 bits per heavy atom. The lowest BCUT2D eigenvalue weighted by Gasteiger charge is -2.17. The second-order valence-corrected chi connectivity index (χ2v) is 7.32. The van der Waals surface area contributed by atoms with Crippen molar-refractivity contribution in [3.8, 4) is 0 Å². The van der Waals surface area contributed by atoms with Gasteiger partial charge in [0.1, 0.15) is 6.61 Å². The van der Waals surface area contributed by atoms with E-state index in [1.165, 1.54) is 0 Å². The minimum Gasteiger partial charge on any atom is -0.448 e. The fraction of sp³-hybridized carbons (Fsp3) is 0.917. The summed E-state index contributed by atoms with van der Waals surface area (Å²) >= 11 is 0. The van der Waals surface area contributed by atoms with Gasteiger partial charge in [-0.05, 0) is 34.1 Å². The van der Waals surface area contributed by atoms with Crippen LogP contribution in [0.4, 0.5) is 4.79 Å². The SMILES string of the molecule is CC(C)N1CCCS1(=O)=O.CC(C)N1CCOC1=O. The van der Waals surface area contributed by atoms with Crippen LogP contribution in [0, 0.1) is 0 Å². The first-order valence-corrected chi connectivity index (χ1v) is 8.29. The predicted octanol–water partition coefficient (Wildman–Crippen LogP) is 1.28. The highest BCUT2D eigenvalue weighted by molar-refractivity contribution is 7.89. The average molecular weight is 292 g/mol. The Bertz CT molecular complexity index is 406. The molecule has 7 heteroatoms. The molecule has 0 radical (unpaired) electrons. The quantitative estimate of drug-likeness (QED) is 0.769. The van der Waals surface area contributed by atoms with Gasteiger partial charge < -0.3 is 9.64 Å². The number of carbonyl (C=O) groups is 1. The van der Waals surface area contributed by atoms with Crippen molar-refractivity contribution in [3.63, 3.8) is 0 Å². The van der Waals surface area contributed by atoms with Crippen molar-refractivity contribution in [2.45, 2.75) is 46.2 Å². The van der Waals surface area contributed by atoms with Gasteiger partial charge in [0, 0.05) is 18.6 Å². The standard InChI is InChI=1S/C6H13NO2S.C6H11NO2/c1-6(2)7-4-3-5-10(7,8)9;1-5(2)7-3-4-9-6(7)8/h6H,3-5H2,1-2H3;5H,3-4H2,1-2H3. The van der Waals surface area contributed by atoms with Crippen LogP contribution in [-0.4, -0.2) is 61.2 Å². The molecule has 0 bridgehead atoms. The Kier molecular flexibility index (Phi) is 5.61. The molecule has 2 aliphatic rings. The van der Waals surface area contributed by atoms with Crippen molar-refractivity contribution in [1.29, 1.82) is 0 Å². The van der Waals surface area contributed by atoms with Gasteiger partial charge in [0.05, 0.1) is 12.3 Å². The molecule has 2 aliphatic heterocycles. The molecule has 0 aromatic carbocycles. The number of cyclic esters (lactones) is 1. The average Bonchev–Trinajstić information content (AvgIpc) is 2.84. The van der Waals surface area contributed by atoms with Crippen LogP contribution in [0.1, 0.15) is 34.1 Å². The zero-order chi connectivity index (χ0) is 14.6. The van der Waals surface area contributed by atoms with Crippen LogP contribution in [-0.2, 0) is 14.8 Å². The van der Waals surface area contributed by atoms with Crippen LogP contribution in [0.15, 0.2) is 0 Å². The van der Waals surface area contributed by atoms with Gasteiger partial charge in [0.2, 0.25) is 10.0 Å². The molecule has 0 N–H and O–H groups in total. The highest BCUT2D eigenvalue weighted by Crippen LogP contribution is 2.15. The summed E-state index contributed by atoms with van der Waals surface area (Å²) in [4.78, 5) is 12.4. The van der Waals surface area contributed by atoms with E-state index in [0.717, 1.165) is 13.0 Å². The highest BCUT2D eigenvalue weighted by Gasteiger charge is 2.29. The van der Waals surface area contributed by atoms with Crippen molar-refractivity contribution in [2.75, 3.05) is 25.4 Å². The number of amides is 1. The smallest absolute Gasteiger partial charge is 0.410 e. The molecule has 2 heterocycles. The lowest BCUT2D eigenvalue weighted by atomic mass is 10.3. The van der Waals surface area contributed by atoms with E-state index in [1.807, 2.05) is 27.7 Å². The summed E-state index contributed by atoms with van der Waals surface area (Å²) in [5, 5.41) is 0. The molecular formula is C12H24N2O4S. The Balaban J connectivity index is 0.000000191. The minimum absolute atomic E-state index is 0.132. The molecule has 0 aromatic heterocycles. The van der Waals surface area contributed by atoms with Gasteiger partial charge >= 0.3 is 6.09 Å². The van der Waals surface area contributed by atoms with E-state index in [1.54, 1.807) is 9.21 Å². The molecule has 0 aliphatic carbocycles. The summed E-state index contributed by atoms with van der Waals surface area (Å²) in [6.45, 7) is 9.78. The summed E-state index contributed by atoms with van der Waals surface area (Å²) in [5.74, 6) is 0.338. The number of sulfonamides is 1. The summed E-state index contributed by atoms with van der Waals surface area (Å²) in [6, 6.07) is 0.410. The summed E-state index contributed by atoms with van der Waals surface area (Å²) in [5.41, 5.74) is 0. The molecule has 19 heavy (non-hydrogen) atoms. The molecule has 2 fully saturated rings. The largest absolute Gasteiger partial charge is 0.448 e. The van der Waals surface area contributed by atoms with E-state index < -0.39 is 10.0 Å². The van der Waals surface area contributed by atoms with E-state index in [-0.39, 0.29) is 18.2 Å². The van der Waals surface area contributed by atoms with Gasteiger partial charge in [-0.2, -0.15) is 4.31 Å². The second-order valence-electron chi connectivity index (χ2n) is 5.28. The van der Waals surface area contributed by atoms with Gasteiger partial charge in [-0.1, -0.05) is 0 Å². The molecule has 2 rings (SSSR count). The van der Waals surface area contributed by atoms with Gasteiger partial charge in [-0.3, -0.25) is 0 Å². The number of hydrogen-bond donors (Lipinski definition) is 0. The fourth-order valence-corrected chi connectivity index (χ4v) is 3.89. The molecule has 2 saturated heterocycles. The van der Waals surface area contributed by atoms with Crippen molar-refractivity contribution in [1.82, 2.24) is 9.21 Å². The first kappa shape index (κ1) is 16.2. The Morgan fingerprint density at radius 1 is 1.11 bits per heavy atom. The van der Waals surface area contributed by atoms with Crippen LogP contribution in [0.2, 0.25) is 0 Å². The third-order valence-corrected chi connectivity index (χ3v) is 5.25. The van der Waals surface area contributed by atoms with E-state index in [0.29, 0.717) is 18.9 Å². The summed E-state index contributed by atoms with van der Waals surface area (Å²) < 4.78 is 28.5. The van der Waals surface area contributed by atoms with Gasteiger partial charge in [-0.25, -0.2) is 13.2 Å². The monoisotopic (exact) mass is 292 g/mol. The summed E-state index contributed by atoms with van der Waals surface area (Å²) in [6.07, 6.45) is 0.616. The highest BCUT2D eigenvalue weighted by atomic mass is 32.2. The zero-order valence-electron chi connectivity index (χ0n) is 12.1. The van der Waals surface area contributed by atoms with E-state index in [9.17, 15) is 13.2 Å². The number of carbonyl (C=O) groups excluding carboxylic acids is 1. The van der Waals surface area contributed by atoms with Gasteiger partial charge in [0.15, 0.2) is 0 Å². The van der Waals surface area contributed by atoms with E-state index >= 15 is 0 Å². The lowest BCUT2D eigenvalue weighted by Crippen LogP contribution is -2.32. The third-order valence-electron chi connectivity index (χ3n) is 3.13. The lowest BCUT2D eigenvalue weighted by molar-refractivity contribution is 0.152. The first-order chi connectivity index (χ1) is 8.75. The Morgan fingerprint density at radius 2 is 1.74 bits per heavy atom. The second kappa shape index (κ2) is 6.56. The normalized spacial score (nSPS) is 22.6. The van der Waals surface area contributed by atoms with Crippen LogP contribution >= 0.6 is 0 Å². The van der Waals surface area contributed by atoms with Crippen LogP contribution in [0.3, 0.4) is 0 Å². The van der Waals surface area contributed by atoms with Crippen LogP contribution in [0.25, 0.3) is 0 Å². The van der Waals surface area contributed by atoms with E-state index in [4.69, 9.17) is 4.74 Å². The van der Waals surface area contributed by atoms with Crippen LogP contribution < -0.4 is 0 Å². The van der Waals surface area contributed by atoms with Gasteiger partial charge in [-0.15, -0.1) is 0 Å². The Labute approximate surface area is 115 Å². The van der Waals surface area contributed by atoms with Crippen molar-refractivity contribution in [2.24, 2.45) is 0 Å². The predicted molar refractivity (Wildman–Crippen MR) is 73.4 cm³/mol. The van der Waals surface area contributed by atoms with Crippen LogP contribution in [0.5, 0.6) is 0 Å². The molecule has 0 atom stereocenters. The molecule has 0 aromatic rings. The van der Waals surface area contributed by atoms with E-state index in [2.05, 4.69) is 0 Å². The number of hydrogen-bond acceptors (Lipinski definition) is 4. The third kappa shape index (κ3) is 4.35. The van der Waals surface area contributed by atoms with Crippen molar-refractivity contribution in [3.05, 3.63) is 0 Å². The first-order valence-electron chi connectivity index (χ1n) is 6.68. The van der Waals surface area contributed by atoms with Crippen molar-refractivity contribution < 1.29 is 17.9 Å². The molecule has 0 saturated carbocycles. The topological polar surface area (TPSA) is 66.9 Å². The zero-order valence-corrected chi connectivity index (χ0v) is 12.9. The number of ether oxygens (including phenoxy) is 1. The van der Waals surface area contributed by atoms with Crippen molar-refractivity contribution >= 4 is 16.1 Å². The molecule has 0 spiro atoms. The maximum absolute atomic E-state index is 11.1. The maximum Gasteiger partial charge on any atom is 0.410 e. The minimum atomic E-state index is -2.85. The molecule has 112 valence electrons. The summed E-state index contributed by atoms with van der Waals surface area (Å²) in [7, 11) is -2.85. The maximum atomic E-state index is 11.1. The molecular weight excluding hydrogens is 268 g/mol. The molecule has 1 amide bonds. The number of nitrogens with zero attached hydrogens (tertiary/aromatic N) is 2.